The fourth-order valence-electron chi connectivity index (χ4n) is 1.79. The molecule has 0 bridgehead atoms. The summed E-state index contributed by atoms with van der Waals surface area (Å²) in [4.78, 5) is 24.1. The molecule has 1 amide bonds. The van der Waals surface area contributed by atoms with E-state index in [2.05, 4.69) is 5.32 Å². The molecule has 0 aromatic heterocycles. The Balaban J connectivity index is 2.63. The van der Waals surface area contributed by atoms with Crippen molar-refractivity contribution >= 4 is 12.1 Å². The van der Waals surface area contributed by atoms with Crippen LogP contribution in [0.25, 0.3) is 0 Å². The van der Waals surface area contributed by atoms with Crippen LogP contribution in [0, 0.1) is 5.92 Å². The second kappa shape index (κ2) is 6.64. The maximum Gasteiger partial charge on any atom is 0.408 e. The van der Waals surface area contributed by atoms with E-state index in [0.717, 1.165) is 0 Å². The molecule has 6 heteroatoms. The average molecular weight is 301 g/mol. The summed E-state index contributed by atoms with van der Waals surface area (Å²) < 4.78 is 15.6. The molecule has 1 N–H and O–H groups in total. The molecule has 21 heavy (non-hydrogen) atoms. The third kappa shape index (κ3) is 7.32. The van der Waals surface area contributed by atoms with E-state index in [4.69, 9.17) is 14.2 Å². The Hall–Kier alpha value is -1.30. The van der Waals surface area contributed by atoms with Crippen molar-refractivity contribution in [2.75, 3.05) is 13.2 Å². The van der Waals surface area contributed by atoms with E-state index < -0.39 is 29.3 Å². The molecule has 0 spiro atoms. The molecule has 1 unspecified atom stereocenters. The van der Waals surface area contributed by atoms with Crippen LogP contribution in [0.2, 0.25) is 0 Å². The number of amides is 1. The smallest absolute Gasteiger partial charge is 0.408 e. The number of hydrogen-bond acceptors (Lipinski definition) is 5. The van der Waals surface area contributed by atoms with Crippen molar-refractivity contribution in [2.24, 2.45) is 5.92 Å². The standard InChI is InChI=1S/C15H27NO5/c1-14(2,3)20-12(17)11(7-10-8-19-9-10)16-13(18)21-15(4,5)6/h10-11H,7-9H2,1-6H3,(H,16,18). The fourth-order valence-corrected chi connectivity index (χ4v) is 1.79. The number of carbonyl (C=O) groups is 2. The molecule has 1 rings (SSSR count). The monoisotopic (exact) mass is 301 g/mol. The molecule has 0 radical (unpaired) electrons. The van der Waals surface area contributed by atoms with Gasteiger partial charge >= 0.3 is 12.1 Å². The molecule has 0 saturated carbocycles. The summed E-state index contributed by atoms with van der Waals surface area (Å²) in [7, 11) is 0. The first kappa shape index (κ1) is 17.8. The van der Waals surface area contributed by atoms with Crippen LogP contribution in [0.15, 0.2) is 0 Å². The molecule has 1 fully saturated rings. The molecule has 1 saturated heterocycles. The minimum atomic E-state index is -0.715. The van der Waals surface area contributed by atoms with Gasteiger partial charge in [-0.05, 0) is 48.0 Å². The van der Waals surface area contributed by atoms with Crippen molar-refractivity contribution in [1.82, 2.24) is 5.32 Å². The minimum Gasteiger partial charge on any atom is -0.458 e. The lowest BCUT2D eigenvalue weighted by molar-refractivity contribution is -0.159. The van der Waals surface area contributed by atoms with Gasteiger partial charge in [-0.3, -0.25) is 0 Å². The van der Waals surface area contributed by atoms with Crippen LogP contribution in [0.3, 0.4) is 0 Å². The van der Waals surface area contributed by atoms with Crippen LogP contribution in [0.5, 0.6) is 0 Å². The first-order valence-electron chi connectivity index (χ1n) is 7.26. The van der Waals surface area contributed by atoms with Gasteiger partial charge in [-0.25, -0.2) is 9.59 Å². The number of hydrogen-bond donors (Lipinski definition) is 1. The molecule has 0 aromatic carbocycles. The van der Waals surface area contributed by atoms with Crippen LogP contribution in [-0.2, 0) is 19.0 Å². The van der Waals surface area contributed by atoms with Gasteiger partial charge in [0.15, 0.2) is 0 Å². The van der Waals surface area contributed by atoms with Gasteiger partial charge < -0.3 is 19.5 Å². The predicted molar refractivity (Wildman–Crippen MR) is 77.9 cm³/mol. The van der Waals surface area contributed by atoms with E-state index >= 15 is 0 Å². The zero-order valence-corrected chi connectivity index (χ0v) is 13.8. The van der Waals surface area contributed by atoms with E-state index in [9.17, 15) is 9.59 Å². The summed E-state index contributed by atoms with van der Waals surface area (Å²) in [6, 6.07) is -0.715. The summed E-state index contributed by atoms with van der Waals surface area (Å²) in [6.07, 6.45) is -0.118. The Labute approximate surface area is 126 Å². The Morgan fingerprint density at radius 3 is 2.00 bits per heavy atom. The summed E-state index contributed by atoms with van der Waals surface area (Å²) in [5, 5.41) is 2.60. The van der Waals surface area contributed by atoms with E-state index in [1.165, 1.54) is 0 Å². The van der Waals surface area contributed by atoms with Gasteiger partial charge in [-0.15, -0.1) is 0 Å². The molecule has 0 aromatic rings. The van der Waals surface area contributed by atoms with Crippen molar-refractivity contribution in [3.63, 3.8) is 0 Å². The third-order valence-electron chi connectivity index (χ3n) is 2.66. The third-order valence-corrected chi connectivity index (χ3v) is 2.66. The molecule has 1 aliphatic rings. The van der Waals surface area contributed by atoms with Crippen molar-refractivity contribution in [3.8, 4) is 0 Å². The van der Waals surface area contributed by atoms with Gasteiger partial charge in [-0.1, -0.05) is 0 Å². The van der Waals surface area contributed by atoms with Crippen LogP contribution >= 0.6 is 0 Å². The second-order valence-corrected chi connectivity index (χ2v) is 7.37. The minimum absolute atomic E-state index is 0.262. The van der Waals surface area contributed by atoms with Gasteiger partial charge in [0.25, 0.3) is 0 Å². The molecule has 0 aliphatic carbocycles. The first-order valence-corrected chi connectivity index (χ1v) is 7.26. The van der Waals surface area contributed by atoms with Crippen LogP contribution < -0.4 is 5.32 Å². The number of nitrogens with one attached hydrogen (secondary N) is 1. The molecular formula is C15H27NO5. The highest BCUT2D eigenvalue weighted by Crippen LogP contribution is 2.19. The lowest BCUT2D eigenvalue weighted by atomic mass is 9.98. The summed E-state index contributed by atoms with van der Waals surface area (Å²) in [5.41, 5.74) is -1.21. The van der Waals surface area contributed by atoms with E-state index in [-0.39, 0.29) is 5.92 Å². The van der Waals surface area contributed by atoms with Gasteiger partial charge in [0.1, 0.15) is 17.2 Å². The maximum absolute atomic E-state index is 12.2. The number of carbonyl (C=O) groups excluding carboxylic acids is 2. The van der Waals surface area contributed by atoms with E-state index in [1.54, 1.807) is 41.5 Å². The molecule has 122 valence electrons. The SMILES string of the molecule is CC(C)(C)OC(=O)NC(CC1COC1)C(=O)OC(C)(C)C. The highest BCUT2D eigenvalue weighted by Gasteiger charge is 2.32. The van der Waals surface area contributed by atoms with Crippen molar-refractivity contribution in [3.05, 3.63) is 0 Å². The lowest BCUT2D eigenvalue weighted by Crippen LogP contribution is -2.48. The highest BCUT2D eigenvalue weighted by atomic mass is 16.6. The number of alkyl carbamates (subject to hydrolysis) is 1. The Morgan fingerprint density at radius 2 is 1.62 bits per heavy atom. The largest absolute Gasteiger partial charge is 0.458 e. The van der Waals surface area contributed by atoms with Gasteiger partial charge in [0.05, 0.1) is 13.2 Å². The predicted octanol–water partition coefficient (Wildman–Crippen LogP) is 2.26. The molecule has 1 atom stereocenters. The van der Waals surface area contributed by atoms with Crippen molar-refractivity contribution in [1.29, 1.82) is 0 Å². The Bertz CT molecular complexity index is 377. The zero-order valence-electron chi connectivity index (χ0n) is 13.8. The van der Waals surface area contributed by atoms with Crippen LogP contribution in [0.4, 0.5) is 4.79 Å². The van der Waals surface area contributed by atoms with Gasteiger partial charge in [0, 0.05) is 5.92 Å². The summed E-state index contributed by atoms with van der Waals surface area (Å²) >= 11 is 0. The quantitative estimate of drug-likeness (QED) is 0.806. The van der Waals surface area contributed by atoms with Crippen LogP contribution in [0.1, 0.15) is 48.0 Å². The topological polar surface area (TPSA) is 73.9 Å². The van der Waals surface area contributed by atoms with E-state index in [0.29, 0.717) is 19.6 Å². The molecular weight excluding hydrogens is 274 g/mol. The average Bonchev–Trinajstić information content (AvgIpc) is 2.15. The maximum atomic E-state index is 12.2. The van der Waals surface area contributed by atoms with E-state index in [1.807, 2.05) is 0 Å². The fraction of sp³-hybridized carbons (Fsp3) is 0.867. The lowest BCUT2D eigenvalue weighted by Gasteiger charge is -2.31. The first-order chi connectivity index (χ1) is 9.46. The molecule has 1 heterocycles. The van der Waals surface area contributed by atoms with Crippen LogP contribution in [-0.4, -0.2) is 42.5 Å². The Morgan fingerprint density at radius 1 is 1.10 bits per heavy atom. The number of ether oxygens (including phenoxy) is 3. The summed E-state index contributed by atoms with van der Waals surface area (Å²) in [5.74, 6) is -0.183. The highest BCUT2D eigenvalue weighted by molar-refractivity contribution is 5.81. The van der Waals surface area contributed by atoms with Crippen molar-refractivity contribution < 1.29 is 23.8 Å². The summed E-state index contributed by atoms with van der Waals surface area (Å²) in [6.45, 7) is 11.9. The van der Waals surface area contributed by atoms with Crippen molar-refractivity contribution in [2.45, 2.75) is 65.2 Å². The normalized spacial score (nSPS) is 17.6. The number of rotatable bonds is 4. The zero-order chi connectivity index (χ0) is 16.3. The van der Waals surface area contributed by atoms with Gasteiger partial charge in [0.2, 0.25) is 0 Å². The number of esters is 1. The molecule has 6 nitrogen and oxygen atoms in total. The Kier molecular flexibility index (Phi) is 5.61. The molecule has 1 aliphatic heterocycles. The van der Waals surface area contributed by atoms with Gasteiger partial charge in [-0.2, -0.15) is 0 Å². The second-order valence-electron chi connectivity index (χ2n) is 7.37.